The number of fused-ring (bicyclic) bond motifs is 1. The topological polar surface area (TPSA) is 54.0 Å². The van der Waals surface area contributed by atoms with Crippen LogP contribution in [0.4, 0.5) is 4.39 Å². The molecule has 0 atom stereocenters. The van der Waals surface area contributed by atoms with Gasteiger partial charge in [-0.2, -0.15) is 0 Å². The summed E-state index contributed by atoms with van der Waals surface area (Å²) in [5.41, 5.74) is 1.71. The van der Waals surface area contributed by atoms with Crippen molar-refractivity contribution in [1.82, 2.24) is 0 Å². The molecule has 0 unspecified atom stereocenters. The third-order valence-electron chi connectivity index (χ3n) is 5.82. The van der Waals surface area contributed by atoms with Crippen molar-refractivity contribution >= 4 is 16.7 Å². The molecule has 0 saturated heterocycles. The van der Waals surface area contributed by atoms with E-state index in [1.807, 2.05) is 37.3 Å². The fourth-order valence-corrected chi connectivity index (χ4v) is 4.04. The van der Waals surface area contributed by atoms with Crippen LogP contribution in [0.2, 0.25) is 0 Å². The highest BCUT2D eigenvalue weighted by atomic mass is 19.1. The molecule has 0 bridgehead atoms. The zero-order chi connectivity index (χ0) is 24.5. The number of esters is 1. The average Bonchev–Trinajstić information content (AvgIpc) is 2.84. The van der Waals surface area contributed by atoms with E-state index < -0.39 is 0 Å². The number of hydrogen-bond donors (Lipinski definition) is 0. The van der Waals surface area contributed by atoms with Crippen molar-refractivity contribution in [3.05, 3.63) is 59.4 Å². The predicted molar refractivity (Wildman–Crippen MR) is 132 cm³/mol. The molecule has 0 aliphatic carbocycles. The minimum absolute atomic E-state index is 0.137. The molecule has 6 heteroatoms. The number of hydrogen-bond acceptors (Lipinski definition) is 5. The Kier molecular flexibility index (Phi) is 9.14. The van der Waals surface area contributed by atoms with Gasteiger partial charge < -0.3 is 18.9 Å². The van der Waals surface area contributed by atoms with Crippen molar-refractivity contribution in [2.75, 3.05) is 20.8 Å². The van der Waals surface area contributed by atoms with Crippen molar-refractivity contribution in [3.63, 3.8) is 0 Å². The van der Waals surface area contributed by atoms with Crippen LogP contribution in [0.15, 0.2) is 42.5 Å². The largest absolute Gasteiger partial charge is 0.490 e. The first-order chi connectivity index (χ1) is 16.5. The molecule has 182 valence electrons. The highest BCUT2D eigenvalue weighted by Gasteiger charge is 2.26. The van der Waals surface area contributed by atoms with Crippen LogP contribution in [0.3, 0.4) is 0 Å². The van der Waals surface area contributed by atoms with E-state index in [0.29, 0.717) is 29.6 Å². The zero-order valence-corrected chi connectivity index (χ0v) is 20.4. The summed E-state index contributed by atoms with van der Waals surface area (Å²) in [6.07, 6.45) is 4.72. The fraction of sp³-hybridized carbons (Fsp3) is 0.393. The van der Waals surface area contributed by atoms with Crippen molar-refractivity contribution in [3.8, 4) is 23.0 Å². The monoisotopic (exact) mass is 468 g/mol. The second-order valence-electron chi connectivity index (χ2n) is 8.15. The smallest absolute Gasteiger partial charge is 0.311 e. The first-order valence-corrected chi connectivity index (χ1v) is 11.8. The summed E-state index contributed by atoms with van der Waals surface area (Å²) in [7, 11) is 3.06. The Hall–Kier alpha value is -3.28. The molecule has 34 heavy (non-hydrogen) atoms. The van der Waals surface area contributed by atoms with Gasteiger partial charge in [-0.15, -0.1) is 0 Å². The van der Waals surface area contributed by atoms with Gasteiger partial charge in [0.1, 0.15) is 5.82 Å². The summed E-state index contributed by atoms with van der Waals surface area (Å²) in [6, 6.07) is 12.7. The number of carbonyl (C=O) groups excluding carboxylic acids is 1. The van der Waals surface area contributed by atoms with Gasteiger partial charge in [-0.1, -0.05) is 56.2 Å². The standard InChI is InChI=1S/C28H33FO5/c1-5-23(30)34-26-24-19(2)13-12-16-21(24)25(27(31-3)28(26)32-4)33-18-11-7-6-8-14-20-15-9-10-17-22(20)29/h9-10,12-13,15-17H,5-8,11,14,18H2,1-4H3. The number of halogens is 1. The summed E-state index contributed by atoms with van der Waals surface area (Å²) in [4.78, 5) is 12.1. The minimum atomic E-state index is -0.353. The molecule has 5 nitrogen and oxygen atoms in total. The molecule has 3 aromatic carbocycles. The van der Waals surface area contributed by atoms with Gasteiger partial charge in [0.05, 0.1) is 20.8 Å². The maximum absolute atomic E-state index is 13.7. The Labute approximate surface area is 200 Å². The van der Waals surface area contributed by atoms with Crippen LogP contribution in [0, 0.1) is 12.7 Å². The van der Waals surface area contributed by atoms with Gasteiger partial charge in [-0.05, 0) is 43.4 Å². The lowest BCUT2D eigenvalue weighted by Crippen LogP contribution is -2.09. The fourth-order valence-electron chi connectivity index (χ4n) is 4.04. The number of ether oxygens (including phenoxy) is 4. The Morgan fingerprint density at radius 3 is 2.26 bits per heavy atom. The van der Waals surface area contributed by atoms with Crippen LogP contribution in [-0.4, -0.2) is 26.8 Å². The molecule has 0 aliphatic heterocycles. The van der Waals surface area contributed by atoms with Crippen LogP contribution in [0.25, 0.3) is 10.8 Å². The van der Waals surface area contributed by atoms with Crippen LogP contribution in [0.1, 0.15) is 50.2 Å². The summed E-state index contributed by atoms with van der Waals surface area (Å²) in [5.74, 6) is 1.17. The lowest BCUT2D eigenvalue weighted by atomic mass is 10.0. The quantitative estimate of drug-likeness (QED) is 0.166. The number of methoxy groups -OCH3 is 2. The molecule has 0 aliphatic rings. The van der Waals surface area contributed by atoms with Crippen molar-refractivity contribution in [2.24, 2.45) is 0 Å². The second kappa shape index (κ2) is 12.3. The highest BCUT2D eigenvalue weighted by molar-refractivity contribution is 6.02. The van der Waals surface area contributed by atoms with Crippen molar-refractivity contribution in [1.29, 1.82) is 0 Å². The molecule has 3 aromatic rings. The minimum Gasteiger partial charge on any atom is -0.490 e. The lowest BCUT2D eigenvalue weighted by molar-refractivity contribution is -0.134. The van der Waals surface area contributed by atoms with Crippen LogP contribution in [-0.2, 0) is 11.2 Å². The normalized spacial score (nSPS) is 10.9. The van der Waals surface area contributed by atoms with E-state index in [0.717, 1.165) is 54.0 Å². The zero-order valence-electron chi connectivity index (χ0n) is 20.4. The molecule has 0 N–H and O–H groups in total. The van der Waals surface area contributed by atoms with Gasteiger partial charge in [0.25, 0.3) is 0 Å². The van der Waals surface area contributed by atoms with E-state index in [2.05, 4.69) is 0 Å². The van der Waals surface area contributed by atoms with Gasteiger partial charge in [0.15, 0.2) is 11.5 Å². The molecule has 0 fully saturated rings. The number of benzene rings is 3. The molecule has 0 radical (unpaired) electrons. The maximum Gasteiger partial charge on any atom is 0.311 e. The summed E-state index contributed by atoms with van der Waals surface area (Å²) >= 11 is 0. The molecule has 0 spiro atoms. The summed E-state index contributed by atoms with van der Waals surface area (Å²) < 4.78 is 36.9. The van der Waals surface area contributed by atoms with E-state index in [-0.39, 0.29) is 18.2 Å². The first kappa shape index (κ1) is 25.3. The van der Waals surface area contributed by atoms with Gasteiger partial charge in [-0.25, -0.2) is 4.39 Å². The molecular formula is C28H33FO5. The lowest BCUT2D eigenvalue weighted by Gasteiger charge is -2.21. The van der Waals surface area contributed by atoms with Crippen LogP contribution in [0.5, 0.6) is 23.0 Å². The average molecular weight is 469 g/mol. The number of rotatable bonds is 12. The molecule has 3 rings (SSSR count). The third-order valence-corrected chi connectivity index (χ3v) is 5.82. The van der Waals surface area contributed by atoms with Gasteiger partial charge >= 0.3 is 5.97 Å². The van der Waals surface area contributed by atoms with Gasteiger partial charge in [0.2, 0.25) is 11.5 Å². The summed E-state index contributed by atoms with van der Waals surface area (Å²) in [5, 5.41) is 1.57. The molecular weight excluding hydrogens is 435 g/mol. The van der Waals surface area contributed by atoms with E-state index in [1.54, 1.807) is 20.1 Å². The van der Waals surface area contributed by atoms with Crippen LogP contribution < -0.4 is 18.9 Å². The van der Waals surface area contributed by atoms with E-state index in [4.69, 9.17) is 18.9 Å². The third kappa shape index (κ3) is 5.79. The SMILES string of the molecule is CCC(=O)Oc1c(OC)c(OC)c(OCCCCCCc2ccccc2F)c2cccc(C)c12. The summed E-state index contributed by atoms with van der Waals surface area (Å²) in [6.45, 7) is 4.20. The number of carbonyl (C=O) groups is 1. The molecule has 0 aromatic heterocycles. The second-order valence-corrected chi connectivity index (χ2v) is 8.15. The van der Waals surface area contributed by atoms with E-state index in [9.17, 15) is 9.18 Å². The molecule has 0 saturated carbocycles. The van der Waals surface area contributed by atoms with Gasteiger partial charge in [-0.3, -0.25) is 4.79 Å². The first-order valence-electron chi connectivity index (χ1n) is 11.8. The van der Waals surface area contributed by atoms with Crippen molar-refractivity contribution in [2.45, 2.75) is 52.4 Å². The van der Waals surface area contributed by atoms with Crippen LogP contribution >= 0.6 is 0 Å². The Morgan fingerprint density at radius 2 is 1.56 bits per heavy atom. The van der Waals surface area contributed by atoms with E-state index >= 15 is 0 Å². The molecule has 0 heterocycles. The molecule has 0 amide bonds. The maximum atomic E-state index is 13.7. The Balaban J connectivity index is 1.73. The number of aryl methyl sites for hydroxylation is 2. The Bertz CT molecular complexity index is 1130. The van der Waals surface area contributed by atoms with Gasteiger partial charge in [0, 0.05) is 17.2 Å². The van der Waals surface area contributed by atoms with E-state index in [1.165, 1.54) is 13.2 Å². The predicted octanol–water partition coefficient (Wildman–Crippen LogP) is 6.80. The Morgan fingerprint density at radius 1 is 0.853 bits per heavy atom. The number of unbranched alkanes of at least 4 members (excludes halogenated alkanes) is 3. The highest BCUT2D eigenvalue weighted by Crippen LogP contribution is 2.52. The van der Waals surface area contributed by atoms with Crippen molar-refractivity contribution < 1.29 is 28.1 Å².